The molecule has 3 fully saturated rings. The fourth-order valence-electron chi connectivity index (χ4n) is 4.60. The summed E-state index contributed by atoms with van der Waals surface area (Å²) in [4.78, 5) is 14.8. The molecule has 0 aromatic rings. The number of amides is 1. The first-order valence-electron chi connectivity index (χ1n) is 7.86. The Morgan fingerprint density at radius 3 is 2.74 bits per heavy atom. The van der Waals surface area contributed by atoms with E-state index in [0.29, 0.717) is 23.7 Å². The number of carbonyl (C=O) groups excluding carboxylic acids is 1. The lowest BCUT2D eigenvalue weighted by molar-refractivity contribution is -0.139. The molecule has 3 aliphatic rings. The van der Waals surface area contributed by atoms with E-state index in [4.69, 9.17) is 10.8 Å². The monoisotopic (exact) mass is 266 g/mol. The molecule has 2 saturated carbocycles. The standard InChI is InChI=1S/C15H26N2O2/c16-14-12-4-3-11(8-12)13(14)15(19)17-6-1-2-10(9-17)5-7-18/h10-14,18H,1-9,16H2. The van der Waals surface area contributed by atoms with Crippen LogP contribution in [0.3, 0.4) is 0 Å². The van der Waals surface area contributed by atoms with Crippen LogP contribution in [0.2, 0.25) is 0 Å². The molecule has 0 aromatic carbocycles. The maximum Gasteiger partial charge on any atom is 0.227 e. The summed E-state index contributed by atoms with van der Waals surface area (Å²) in [6, 6.07) is 0.101. The van der Waals surface area contributed by atoms with E-state index < -0.39 is 0 Å². The van der Waals surface area contributed by atoms with Crippen LogP contribution in [0.5, 0.6) is 0 Å². The van der Waals surface area contributed by atoms with Gasteiger partial charge in [0.05, 0.1) is 5.92 Å². The number of hydrogen-bond donors (Lipinski definition) is 2. The summed E-state index contributed by atoms with van der Waals surface area (Å²) < 4.78 is 0. The maximum atomic E-state index is 12.7. The molecule has 19 heavy (non-hydrogen) atoms. The highest BCUT2D eigenvalue weighted by Gasteiger charge is 2.50. The third-order valence-corrected chi connectivity index (χ3v) is 5.63. The zero-order chi connectivity index (χ0) is 13.4. The van der Waals surface area contributed by atoms with Gasteiger partial charge in [-0.25, -0.2) is 0 Å². The Morgan fingerprint density at radius 1 is 1.26 bits per heavy atom. The normalized spacial score (nSPS) is 41.8. The van der Waals surface area contributed by atoms with Crippen molar-refractivity contribution in [2.45, 2.75) is 44.6 Å². The van der Waals surface area contributed by atoms with Gasteiger partial charge in [0.15, 0.2) is 0 Å². The molecule has 4 nitrogen and oxygen atoms in total. The number of nitrogens with two attached hydrogens (primary N) is 1. The van der Waals surface area contributed by atoms with Crippen LogP contribution in [0.4, 0.5) is 0 Å². The van der Waals surface area contributed by atoms with E-state index in [1.54, 1.807) is 0 Å². The molecule has 0 aromatic heterocycles. The van der Waals surface area contributed by atoms with Gasteiger partial charge in [-0.05, 0) is 56.3 Å². The van der Waals surface area contributed by atoms with Crippen LogP contribution in [-0.2, 0) is 4.79 Å². The first-order valence-corrected chi connectivity index (χ1v) is 7.86. The number of nitrogens with zero attached hydrogens (tertiary/aromatic N) is 1. The fraction of sp³-hybridized carbons (Fsp3) is 0.933. The van der Waals surface area contributed by atoms with E-state index in [1.165, 1.54) is 19.3 Å². The molecule has 1 saturated heterocycles. The number of hydrogen-bond acceptors (Lipinski definition) is 3. The molecule has 4 heteroatoms. The number of rotatable bonds is 3. The summed E-state index contributed by atoms with van der Waals surface area (Å²) >= 11 is 0. The molecular formula is C15H26N2O2. The average molecular weight is 266 g/mol. The van der Waals surface area contributed by atoms with Crippen molar-refractivity contribution in [3.05, 3.63) is 0 Å². The number of piperidine rings is 1. The highest BCUT2D eigenvalue weighted by atomic mass is 16.3. The van der Waals surface area contributed by atoms with Gasteiger partial charge in [0, 0.05) is 25.7 Å². The molecule has 1 heterocycles. The van der Waals surface area contributed by atoms with Crippen molar-refractivity contribution in [3.8, 4) is 0 Å². The van der Waals surface area contributed by atoms with Crippen molar-refractivity contribution in [1.82, 2.24) is 4.90 Å². The summed E-state index contributed by atoms with van der Waals surface area (Å²) in [7, 11) is 0. The lowest BCUT2D eigenvalue weighted by Crippen LogP contribution is -2.50. The van der Waals surface area contributed by atoms with Crippen molar-refractivity contribution >= 4 is 5.91 Å². The van der Waals surface area contributed by atoms with Crippen molar-refractivity contribution in [1.29, 1.82) is 0 Å². The van der Waals surface area contributed by atoms with Gasteiger partial charge in [-0.3, -0.25) is 4.79 Å². The minimum Gasteiger partial charge on any atom is -0.396 e. The number of aliphatic hydroxyl groups is 1. The molecule has 5 atom stereocenters. The van der Waals surface area contributed by atoms with Gasteiger partial charge >= 0.3 is 0 Å². The zero-order valence-corrected chi connectivity index (χ0v) is 11.6. The highest BCUT2D eigenvalue weighted by Crippen LogP contribution is 2.48. The maximum absolute atomic E-state index is 12.7. The molecule has 3 N–H and O–H groups in total. The number of likely N-dealkylation sites (tertiary alicyclic amines) is 1. The molecule has 0 radical (unpaired) electrons. The van der Waals surface area contributed by atoms with Crippen molar-refractivity contribution in [2.24, 2.45) is 29.4 Å². The first-order chi connectivity index (χ1) is 9.20. The summed E-state index contributed by atoms with van der Waals surface area (Å²) in [5.74, 6) is 2.02. The second kappa shape index (κ2) is 5.41. The van der Waals surface area contributed by atoms with Crippen LogP contribution >= 0.6 is 0 Å². The summed E-state index contributed by atoms with van der Waals surface area (Å²) in [6.07, 6.45) is 6.64. The van der Waals surface area contributed by atoms with Gasteiger partial charge < -0.3 is 15.7 Å². The molecule has 108 valence electrons. The SMILES string of the molecule is NC1C2CCC(C2)C1C(=O)N1CCCC(CCO)C1. The Balaban J connectivity index is 1.63. The lowest BCUT2D eigenvalue weighted by Gasteiger charge is -2.37. The van der Waals surface area contributed by atoms with E-state index in [-0.39, 0.29) is 18.6 Å². The predicted octanol–water partition coefficient (Wildman–Crippen LogP) is 0.981. The smallest absolute Gasteiger partial charge is 0.227 e. The molecule has 3 rings (SSSR count). The second-order valence-corrected chi connectivity index (χ2v) is 6.74. The van der Waals surface area contributed by atoms with Gasteiger partial charge in [-0.15, -0.1) is 0 Å². The Hall–Kier alpha value is -0.610. The Morgan fingerprint density at radius 2 is 2.05 bits per heavy atom. The van der Waals surface area contributed by atoms with Crippen LogP contribution < -0.4 is 5.73 Å². The summed E-state index contributed by atoms with van der Waals surface area (Å²) in [6.45, 7) is 1.96. The first kappa shape index (κ1) is 13.4. The minimum absolute atomic E-state index is 0.0895. The van der Waals surface area contributed by atoms with Crippen LogP contribution in [-0.4, -0.2) is 41.7 Å². The third-order valence-electron chi connectivity index (χ3n) is 5.63. The Bertz CT molecular complexity index is 343. The van der Waals surface area contributed by atoms with E-state index in [1.807, 2.05) is 4.90 Å². The van der Waals surface area contributed by atoms with Gasteiger partial charge in [-0.1, -0.05) is 0 Å². The number of carbonyl (C=O) groups is 1. The predicted molar refractivity (Wildman–Crippen MR) is 73.3 cm³/mol. The quantitative estimate of drug-likeness (QED) is 0.800. The summed E-state index contributed by atoms with van der Waals surface area (Å²) in [5, 5.41) is 9.06. The van der Waals surface area contributed by atoms with Crippen LogP contribution in [0, 0.1) is 23.7 Å². The van der Waals surface area contributed by atoms with Gasteiger partial charge in [-0.2, -0.15) is 0 Å². The molecule has 2 aliphatic carbocycles. The van der Waals surface area contributed by atoms with Gasteiger partial charge in [0.25, 0.3) is 0 Å². The van der Waals surface area contributed by atoms with E-state index >= 15 is 0 Å². The molecule has 1 aliphatic heterocycles. The van der Waals surface area contributed by atoms with Gasteiger partial charge in [0.1, 0.15) is 0 Å². The van der Waals surface area contributed by atoms with Crippen molar-refractivity contribution in [3.63, 3.8) is 0 Å². The minimum atomic E-state index is 0.0895. The molecule has 5 unspecified atom stereocenters. The average Bonchev–Trinajstić information content (AvgIpc) is 2.99. The van der Waals surface area contributed by atoms with Crippen molar-refractivity contribution in [2.75, 3.05) is 19.7 Å². The molecule has 1 amide bonds. The Kier molecular flexibility index (Phi) is 3.81. The highest BCUT2D eigenvalue weighted by molar-refractivity contribution is 5.80. The molecule has 0 spiro atoms. The van der Waals surface area contributed by atoms with Crippen LogP contribution in [0.25, 0.3) is 0 Å². The number of fused-ring (bicyclic) bond motifs is 2. The largest absolute Gasteiger partial charge is 0.396 e. The summed E-state index contributed by atoms with van der Waals surface area (Å²) in [5.41, 5.74) is 6.28. The fourth-order valence-corrected chi connectivity index (χ4v) is 4.60. The van der Waals surface area contributed by atoms with E-state index in [9.17, 15) is 4.79 Å². The zero-order valence-electron chi connectivity index (χ0n) is 11.6. The van der Waals surface area contributed by atoms with E-state index in [2.05, 4.69) is 0 Å². The number of aliphatic hydroxyl groups excluding tert-OH is 1. The molecule has 2 bridgehead atoms. The van der Waals surface area contributed by atoms with E-state index in [0.717, 1.165) is 32.4 Å². The van der Waals surface area contributed by atoms with Gasteiger partial charge in [0.2, 0.25) is 5.91 Å². The third kappa shape index (κ3) is 2.40. The van der Waals surface area contributed by atoms with Crippen LogP contribution in [0.1, 0.15) is 38.5 Å². The topological polar surface area (TPSA) is 66.6 Å². The van der Waals surface area contributed by atoms with Crippen molar-refractivity contribution < 1.29 is 9.90 Å². The van der Waals surface area contributed by atoms with Crippen LogP contribution in [0.15, 0.2) is 0 Å². The molecular weight excluding hydrogens is 240 g/mol. The lowest BCUT2D eigenvalue weighted by atomic mass is 9.83. The Labute approximate surface area is 115 Å². The second-order valence-electron chi connectivity index (χ2n) is 6.74.